The van der Waals surface area contributed by atoms with E-state index >= 15 is 0 Å². The number of Topliss-reactive ketones (excluding diaryl/α,β-unsaturated/α-hetero) is 1. The van der Waals surface area contributed by atoms with Crippen LogP contribution in [0, 0.1) is 5.92 Å². The third-order valence-electron chi connectivity index (χ3n) is 4.42. The molecule has 0 N–H and O–H groups in total. The fraction of sp³-hybridized carbons (Fsp3) is 0.429. The highest BCUT2D eigenvalue weighted by Crippen LogP contribution is 2.23. The smallest absolute Gasteiger partial charge is 0.410 e. The first-order chi connectivity index (χ1) is 12.8. The predicted molar refractivity (Wildman–Crippen MR) is 102 cm³/mol. The molecule has 6 nitrogen and oxygen atoms in total. The van der Waals surface area contributed by atoms with Gasteiger partial charge in [0.1, 0.15) is 5.60 Å². The van der Waals surface area contributed by atoms with Crippen molar-refractivity contribution in [2.75, 3.05) is 13.1 Å². The average Bonchev–Trinajstić information content (AvgIpc) is 3.10. The van der Waals surface area contributed by atoms with Gasteiger partial charge in [0, 0.05) is 37.5 Å². The van der Waals surface area contributed by atoms with E-state index in [-0.39, 0.29) is 23.6 Å². The quantitative estimate of drug-likeness (QED) is 0.765. The minimum absolute atomic E-state index is 0.0920. The lowest BCUT2D eigenvalue weighted by atomic mass is 10.0. The summed E-state index contributed by atoms with van der Waals surface area (Å²) in [5, 5.41) is 0. The molecule has 0 saturated carbocycles. The fourth-order valence-electron chi connectivity index (χ4n) is 3.10. The van der Waals surface area contributed by atoms with E-state index in [1.165, 1.54) is 0 Å². The number of aromatic nitrogens is 2. The lowest BCUT2D eigenvalue weighted by molar-refractivity contribution is 0.0286. The van der Waals surface area contributed by atoms with Gasteiger partial charge in [-0.1, -0.05) is 30.3 Å². The molecule has 1 aromatic heterocycles. The molecule has 0 radical (unpaired) electrons. The van der Waals surface area contributed by atoms with E-state index in [2.05, 4.69) is 9.97 Å². The highest BCUT2D eigenvalue weighted by atomic mass is 16.6. The first-order valence-corrected chi connectivity index (χ1v) is 9.20. The molecule has 3 rings (SSSR count). The number of ketones is 1. The van der Waals surface area contributed by atoms with Crippen molar-refractivity contribution in [3.05, 3.63) is 48.5 Å². The van der Waals surface area contributed by atoms with Gasteiger partial charge in [-0.15, -0.1) is 0 Å². The van der Waals surface area contributed by atoms with Crippen molar-refractivity contribution in [2.24, 2.45) is 5.92 Å². The number of amides is 1. The highest BCUT2D eigenvalue weighted by molar-refractivity contribution is 5.92. The second-order valence-corrected chi connectivity index (χ2v) is 7.87. The van der Waals surface area contributed by atoms with Crippen LogP contribution in [0.4, 0.5) is 4.79 Å². The van der Waals surface area contributed by atoms with Crippen molar-refractivity contribution in [2.45, 2.75) is 39.2 Å². The first kappa shape index (κ1) is 19.0. The SMILES string of the molecule is CC(C)(C)OC(=O)N1CC[C@@H](CC(=O)c2ncc(-c3ccccc3)cn2)C1. The van der Waals surface area contributed by atoms with Crippen molar-refractivity contribution >= 4 is 11.9 Å². The predicted octanol–water partition coefficient (Wildman–Crippen LogP) is 3.97. The maximum absolute atomic E-state index is 12.5. The summed E-state index contributed by atoms with van der Waals surface area (Å²) in [5.41, 5.74) is 1.38. The van der Waals surface area contributed by atoms with Crippen LogP contribution in [0.15, 0.2) is 42.7 Å². The summed E-state index contributed by atoms with van der Waals surface area (Å²) in [6.45, 7) is 6.68. The van der Waals surface area contributed by atoms with Crippen LogP contribution < -0.4 is 0 Å². The van der Waals surface area contributed by atoms with Crippen LogP contribution in [0.2, 0.25) is 0 Å². The number of carbonyl (C=O) groups excluding carboxylic acids is 2. The molecule has 1 fully saturated rings. The van der Waals surface area contributed by atoms with E-state index in [1.54, 1.807) is 17.3 Å². The van der Waals surface area contributed by atoms with E-state index in [1.807, 2.05) is 51.1 Å². The van der Waals surface area contributed by atoms with E-state index in [9.17, 15) is 9.59 Å². The Bertz CT molecular complexity index is 798. The van der Waals surface area contributed by atoms with Gasteiger partial charge in [0.15, 0.2) is 11.6 Å². The Hall–Kier alpha value is -2.76. The van der Waals surface area contributed by atoms with Crippen LogP contribution in [0.3, 0.4) is 0 Å². The Morgan fingerprint density at radius 3 is 2.41 bits per heavy atom. The summed E-state index contributed by atoms with van der Waals surface area (Å²) < 4.78 is 5.39. The van der Waals surface area contributed by atoms with Gasteiger partial charge < -0.3 is 9.64 Å². The normalized spacial score (nSPS) is 17.0. The molecule has 1 amide bonds. The van der Waals surface area contributed by atoms with Gasteiger partial charge in [-0.25, -0.2) is 14.8 Å². The zero-order valence-electron chi connectivity index (χ0n) is 16.0. The standard InChI is InChI=1S/C21H25N3O3/c1-21(2,3)27-20(26)24-10-9-15(14-24)11-18(25)19-22-12-17(13-23-19)16-7-5-4-6-8-16/h4-8,12-13,15H,9-11,14H2,1-3H3/t15-/m0/s1. The number of ether oxygens (including phenoxy) is 1. The molecule has 0 aliphatic carbocycles. The van der Waals surface area contributed by atoms with Crippen molar-refractivity contribution in [3.8, 4) is 11.1 Å². The van der Waals surface area contributed by atoms with Crippen molar-refractivity contribution in [1.29, 1.82) is 0 Å². The summed E-state index contributed by atoms with van der Waals surface area (Å²) in [5.74, 6) is 0.249. The monoisotopic (exact) mass is 367 g/mol. The van der Waals surface area contributed by atoms with E-state index in [0.29, 0.717) is 19.5 Å². The lowest BCUT2D eigenvalue weighted by Gasteiger charge is -2.24. The Balaban J connectivity index is 1.56. The Labute approximate surface area is 159 Å². The Morgan fingerprint density at radius 2 is 1.78 bits per heavy atom. The Kier molecular flexibility index (Phi) is 5.54. The van der Waals surface area contributed by atoms with Crippen molar-refractivity contribution < 1.29 is 14.3 Å². The van der Waals surface area contributed by atoms with Crippen molar-refractivity contribution in [1.82, 2.24) is 14.9 Å². The molecule has 27 heavy (non-hydrogen) atoms. The molecule has 1 aromatic carbocycles. The minimum Gasteiger partial charge on any atom is -0.444 e. The highest BCUT2D eigenvalue weighted by Gasteiger charge is 2.31. The maximum atomic E-state index is 12.5. The molecule has 0 spiro atoms. The van der Waals surface area contributed by atoms with Gasteiger partial charge in [-0.05, 0) is 38.7 Å². The average molecular weight is 367 g/mol. The molecule has 1 aliphatic heterocycles. The number of rotatable bonds is 4. The molecule has 2 aromatic rings. The van der Waals surface area contributed by atoms with Gasteiger partial charge >= 0.3 is 6.09 Å². The molecule has 2 heterocycles. The van der Waals surface area contributed by atoms with Crippen LogP contribution in [-0.2, 0) is 4.74 Å². The number of hydrogen-bond donors (Lipinski definition) is 0. The van der Waals surface area contributed by atoms with Gasteiger partial charge in [-0.3, -0.25) is 4.79 Å². The third-order valence-corrected chi connectivity index (χ3v) is 4.42. The van der Waals surface area contributed by atoms with Crippen LogP contribution in [0.25, 0.3) is 11.1 Å². The molecule has 1 saturated heterocycles. The van der Waals surface area contributed by atoms with Crippen molar-refractivity contribution in [3.63, 3.8) is 0 Å². The molecule has 0 bridgehead atoms. The second kappa shape index (κ2) is 7.86. The molecule has 6 heteroatoms. The van der Waals surface area contributed by atoms with Crippen LogP contribution >= 0.6 is 0 Å². The van der Waals surface area contributed by atoms with Crippen LogP contribution in [0.1, 0.15) is 44.2 Å². The minimum atomic E-state index is -0.515. The summed E-state index contributed by atoms with van der Waals surface area (Å²) in [7, 11) is 0. The summed E-state index contributed by atoms with van der Waals surface area (Å²) >= 11 is 0. The van der Waals surface area contributed by atoms with Crippen LogP contribution in [0.5, 0.6) is 0 Å². The third kappa shape index (κ3) is 5.12. The zero-order valence-corrected chi connectivity index (χ0v) is 16.0. The molecule has 142 valence electrons. The van der Waals surface area contributed by atoms with E-state index < -0.39 is 5.60 Å². The number of hydrogen-bond acceptors (Lipinski definition) is 5. The van der Waals surface area contributed by atoms with Gasteiger partial charge in [0.25, 0.3) is 0 Å². The summed E-state index contributed by atoms with van der Waals surface area (Å²) in [6, 6.07) is 9.80. The molecule has 0 unspecified atom stereocenters. The molecular formula is C21H25N3O3. The molecule has 1 aliphatic rings. The second-order valence-electron chi connectivity index (χ2n) is 7.87. The largest absolute Gasteiger partial charge is 0.444 e. The van der Waals surface area contributed by atoms with Gasteiger partial charge in [-0.2, -0.15) is 0 Å². The summed E-state index contributed by atoms with van der Waals surface area (Å²) in [4.78, 5) is 34.8. The lowest BCUT2D eigenvalue weighted by Crippen LogP contribution is -2.35. The van der Waals surface area contributed by atoms with Gasteiger partial charge in [0.05, 0.1) is 0 Å². The summed E-state index contributed by atoms with van der Waals surface area (Å²) in [6.07, 6.45) is 4.16. The van der Waals surface area contributed by atoms with E-state index in [4.69, 9.17) is 4.74 Å². The van der Waals surface area contributed by atoms with E-state index in [0.717, 1.165) is 17.5 Å². The maximum Gasteiger partial charge on any atom is 0.410 e. The number of likely N-dealkylation sites (tertiary alicyclic amines) is 1. The number of carbonyl (C=O) groups is 2. The number of benzene rings is 1. The zero-order chi connectivity index (χ0) is 19.4. The first-order valence-electron chi connectivity index (χ1n) is 9.20. The fourth-order valence-corrected chi connectivity index (χ4v) is 3.10. The Morgan fingerprint density at radius 1 is 1.11 bits per heavy atom. The molecular weight excluding hydrogens is 342 g/mol. The number of nitrogens with zero attached hydrogens (tertiary/aromatic N) is 3. The topological polar surface area (TPSA) is 72.4 Å². The van der Waals surface area contributed by atoms with Crippen LogP contribution in [-0.4, -0.2) is 45.4 Å². The molecule has 1 atom stereocenters. The van der Waals surface area contributed by atoms with Gasteiger partial charge in [0.2, 0.25) is 0 Å².